The topological polar surface area (TPSA) is 465 Å². The van der Waals surface area contributed by atoms with Crippen molar-refractivity contribution in [3.05, 3.63) is 52.0 Å². The fourth-order valence-corrected chi connectivity index (χ4v) is 16.6. The Balaban J connectivity index is 0.934. The first-order valence-electron chi connectivity index (χ1n) is 34.1. The molecule has 0 radical (unpaired) electrons. The Morgan fingerprint density at radius 3 is 2.12 bits per heavy atom. The van der Waals surface area contributed by atoms with E-state index in [9.17, 15) is 87.7 Å². The van der Waals surface area contributed by atoms with Crippen molar-refractivity contribution in [1.82, 2.24) is 51.9 Å². The van der Waals surface area contributed by atoms with Crippen molar-refractivity contribution in [2.24, 2.45) is 17.8 Å². The molecule has 0 bridgehead atoms. The molecule has 2 saturated carbocycles. The smallest absolute Gasteiger partial charge is 0.446 e. The number of aliphatic hydroxyl groups is 8. The van der Waals surface area contributed by atoms with E-state index in [1.165, 1.54) is 57.3 Å². The number of carbonyl (C=O) groups excluding carboxylic acids is 6. The van der Waals surface area contributed by atoms with Crippen LogP contribution in [0.1, 0.15) is 120 Å². The van der Waals surface area contributed by atoms with Gasteiger partial charge in [-0.3, -0.25) is 33.3 Å². The number of aromatic hydroxyl groups is 1. The van der Waals surface area contributed by atoms with Gasteiger partial charge < -0.3 is 101 Å². The predicted octanol–water partition coefficient (Wildman–Crippen LogP) is -1.27. The highest BCUT2D eigenvalue weighted by Gasteiger charge is 2.50. The summed E-state index contributed by atoms with van der Waals surface area (Å²) in [4.78, 5) is 92.5. The molecule has 6 aliphatic rings. The molecule has 2 aliphatic carbocycles. The van der Waals surface area contributed by atoms with Crippen molar-refractivity contribution < 1.29 is 96.6 Å². The maximum atomic E-state index is 15.0. The van der Waals surface area contributed by atoms with Gasteiger partial charge in [0.15, 0.2) is 11.5 Å². The molecule has 13 atom stereocenters. The summed E-state index contributed by atoms with van der Waals surface area (Å²) in [7, 11) is -3.37. The summed E-state index contributed by atoms with van der Waals surface area (Å²) >= 11 is 8.48. The number of fused-ring (bicyclic) bond motifs is 2. The van der Waals surface area contributed by atoms with Crippen molar-refractivity contribution >= 4 is 74.5 Å². The fraction of sp³-hybridized carbons (Fsp3) is 0.692. The van der Waals surface area contributed by atoms with Crippen LogP contribution >= 0.6 is 22.9 Å². The van der Waals surface area contributed by atoms with Gasteiger partial charge in [-0.05, 0) is 132 Å². The van der Waals surface area contributed by atoms with Crippen LogP contribution in [0, 0.1) is 17.8 Å². The second-order valence-corrected chi connectivity index (χ2v) is 29.9. The Hall–Kier alpha value is -6.02. The summed E-state index contributed by atoms with van der Waals surface area (Å²) in [6, 6.07) is -2.78. The summed E-state index contributed by atoms with van der Waals surface area (Å²) in [5, 5.41) is 126. The van der Waals surface area contributed by atoms with E-state index in [2.05, 4.69) is 57.2 Å². The van der Waals surface area contributed by atoms with E-state index in [-0.39, 0.29) is 42.6 Å². The van der Waals surface area contributed by atoms with Gasteiger partial charge in [-0.2, -0.15) is 8.42 Å². The van der Waals surface area contributed by atoms with Crippen LogP contribution in [0.2, 0.25) is 5.02 Å². The number of nitrogens with one attached hydrogen (secondary N) is 6. The molecule has 550 valence electrons. The molecule has 99 heavy (non-hydrogen) atoms. The Labute approximate surface area is 583 Å². The average Bonchev–Trinajstić information content (AvgIpc) is 1.79. The number of aromatic nitrogens is 2. The number of hydrogen-bond acceptors (Lipinski definition) is 25. The number of nitrogens with zero attached hydrogens (tertiary/aromatic N) is 5. The number of β-amino-alcohol motifs (C(OH)–C–C–N with tert-alkyl or cyclic N) is 1. The zero-order valence-electron chi connectivity index (χ0n) is 55.7. The number of piperidine rings is 1. The number of methoxy groups -OCH3 is 1. The third-order valence-corrected chi connectivity index (χ3v) is 22.4. The number of amides is 6. The summed E-state index contributed by atoms with van der Waals surface area (Å²) < 4.78 is 43.4. The Morgan fingerprint density at radius 2 is 1.46 bits per heavy atom. The van der Waals surface area contributed by atoms with Gasteiger partial charge in [-0.1, -0.05) is 55.2 Å². The number of phenolic OH excluding ortho intramolecular Hbond substituents is 1. The van der Waals surface area contributed by atoms with Crippen LogP contribution in [0.4, 0.5) is 5.69 Å². The van der Waals surface area contributed by atoms with Gasteiger partial charge in [-0.15, -0.1) is 10.2 Å². The molecule has 0 spiro atoms. The third-order valence-electron chi connectivity index (χ3n) is 20.6. The van der Waals surface area contributed by atoms with Gasteiger partial charge in [-0.25, -0.2) is 0 Å². The van der Waals surface area contributed by atoms with E-state index >= 15 is 0 Å². The largest absolute Gasteiger partial charge is 0.504 e. The molecule has 4 saturated heterocycles. The van der Waals surface area contributed by atoms with Crippen molar-refractivity contribution in [2.75, 3.05) is 71.0 Å². The molecule has 9 rings (SSSR count). The Morgan fingerprint density at radius 1 is 0.788 bits per heavy atom. The van der Waals surface area contributed by atoms with Gasteiger partial charge in [0.2, 0.25) is 35.4 Å². The van der Waals surface area contributed by atoms with Crippen LogP contribution in [-0.4, -0.2) is 265 Å². The van der Waals surface area contributed by atoms with E-state index in [0.717, 1.165) is 70.2 Å². The monoisotopic (exact) mass is 1450 g/mol. The van der Waals surface area contributed by atoms with Gasteiger partial charge in [0.1, 0.15) is 40.2 Å². The summed E-state index contributed by atoms with van der Waals surface area (Å²) in [6.45, 7) is 1.88. The lowest BCUT2D eigenvalue weighted by Gasteiger charge is -2.47. The molecule has 0 unspecified atom stereocenters. The van der Waals surface area contributed by atoms with E-state index in [1.807, 2.05) is 19.2 Å². The van der Waals surface area contributed by atoms with Crippen molar-refractivity contribution in [2.45, 2.75) is 201 Å². The fourth-order valence-electron chi connectivity index (χ4n) is 14.8. The predicted molar refractivity (Wildman–Crippen MR) is 359 cm³/mol. The normalized spacial score (nSPS) is 29.2. The summed E-state index contributed by atoms with van der Waals surface area (Å²) in [5.74, 6) is -8.56. The molecular weight excluding hydrogens is 1350 g/mol. The number of ether oxygens (including phenoxy) is 1. The van der Waals surface area contributed by atoms with E-state index in [1.54, 1.807) is 0 Å². The van der Waals surface area contributed by atoms with Gasteiger partial charge >= 0.3 is 10.4 Å². The molecule has 3 aromatic rings. The van der Waals surface area contributed by atoms with Gasteiger partial charge in [0, 0.05) is 75.8 Å². The minimum atomic E-state index is -5.23. The van der Waals surface area contributed by atoms with Crippen molar-refractivity contribution in [3.63, 3.8) is 0 Å². The van der Waals surface area contributed by atoms with E-state index in [0.29, 0.717) is 41.6 Å². The molecule has 16 N–H and O–H groups in total. The quantitative estimate of drug-likeness (QED) is 0.0553. The third kappa shape index (κ3) is 19.2. The maximum Gasteiger partial charge on any atom is 0.446 e. The zero-order chi connectivity index (χ0) is 71.6. The number of aliphatic hydroxyl groups excluding tert-OH is 8. The van der Waals surface area contributed by atoms with Crippen molar-refractivity contribution in [1.29, 1.82) is 0 Å². The first-order chi connectivity index (χ1) is 47.1. The number of halogens is 1. The van der Waals surface area contributed by atoms with Crippen LogP contribution in [0.25, 0.3) is 10.6 Å². The van der Waals surface area contributed by atoms with Crippen LogP contribution in [0.5, 0.6) is 11.5 Å². The van der Waals surface area contributed by atoms with Gasteiger partial charge in [0.25, 0.3) is 0 Å². The molecule has 4 aliphatic heterocycles. The minimum absolute atomic E-state index is 0.0242. The lowest BCUT2D eigenvalue weighted by molar-refractivity contribution is -0.147. The van der Waals surface area contributed by atoms with Crippen LogP contribution in [0.3, 0.4) is 0 Å². The average molecular weight is 1450 g/mol. The number of anilines is 1. The Kier molecular flexibility index (Phi) is 26.7. The van der Waals surface area contributed by atoms with Crippen LogP contribution in [0.15, 0.2) is 36.4 Å². The number of carbonyl (C=O) groups is 6. The lowest BCUT2D eigenvalue weighted by Crippen LogP contribution is -2.64. The number of rotatable bonds is 21. The number of benzene rings is 2. The second-order valence-electron chi connectivity index (χ2n) is 27.5. The van der Waals surface area contributed by atoms with E-state index < -0.39 is 194 Å². The molecule has 5 heterocycles. The first kappa shape index (κ1) is 77.1. The van der Waals surface area contributed by atoms with Crippen LogP contribution < -0.4 is 41.0 Å². The van der Waals surface area contributed by atoms with Crippen LogP contribution in [-0.2, 0) is 50.3 Å². The summed E-state index contributed by atoms with van der Waals surface area (Å²) in [5.41, 5.74) is 1.64. The zero-order valence-corrected chi connectivity index (χ0v) is 58.1. The lowest BCUT2D eigenvalue weighted by atomic mass is 9.72. The van der Waals surface area contributed by atoms with Gasteiger partial charge in [0.05, 0.1) is 72.5 Å². The minimum Gasteiger partial charge on any atom is -0.504 e. The molecule has 31 nitrogen and oxygen atoms in total. The number of phenols is 1. The molecule has 6 fully saturated rings. The van der Waals surface area contributed by atoms with Crippen molar-refractivity contribution in [3.8, 4) is 22.1 Å². The molecule has 34 heteroatoms. The standard InChI is InChI=1S/C65H96ClN11O20S2/c1-34-30-77-55(56(34)86)60(90)69-29-42(81)26-46(68-28-36-9-12-38(13-10-36)61-73-74-62(98-61)44-15-14-41(25-45(44)66)75-21-18-65(96-3,19-22-75)39-7-5-4-6-8-39)57(87)70-52(35(2)80)63(91)76-31-43(82)27-47(76)58(88)71-53(50(85)23-37-11-16-48(83)51(24-37)97-99(93,94)95)59(89)72-54(64(77)92)49(84)17-20-67-40(32-78)33-79/h11,14-16,24-25,34-36,38-40,42-43,46-47,49-50,52-56,67-68,78-86H,4-10,12-13,17-23,26-33H2,1-3H3,(H,69,90)(H,70,87)(H,71,88)(H,72,89)(H,93,94,95)/t34-,35+,36-,38-,42+,43+,46-,47-,49+,50+,52-,53-,54-,55-,56-/m0/s1. The summed E-state index contributed by atoms with van der Waals surface area (Å²) in [6.07, 6.45) is -1.38. The van der Waals surface area contributed by atoms with E-state index in [4.69, 9.17) is 16.3 Å². The molecule has 6 amide bonds. The second kappa shape index (κ2) is 34.3. The molecule has 2 aromatic carbocycles. The highest BCUT2D eigenvalue weighted by atomic mass is 35.5. The SMILES string of the molecule is COC1(C2CCCCC2)CCN(c2ccc(-c3nnc([C@H]4CC[C@H](CN[C@H]5C[C@@H](O)CNC(=O)[C@@H]6[C@@H](O)[C@@H](C)CN6C(=O)[C@H]([C@H](O)CCNC(CO)CO)NC(=O)[C@H]([C@H](O)Cc6ccc(O)c(OS(=O)(=O)O)c6)NC(=O)[C@@H]6C[C@@H](O)CN6C(=O)[C@H]([C@@H](C)O)NC5=O)CC4)s3)c(Cl)c2)CC1. The number of hydrogen-bond donors (Lipinski definition) is 16. The first-order valence-corrected chi connectivity index (χ1v) is 36.7. The highest BCUT2D eigenvalue weighted by Crippen LogP contribution is 2.44. The molecule has 1 aromatic heterocycles. The Bertz CT molecular complexity index is 3390. The maximum absolute atomic E-state index is 15.0. The highest BCUT2D eigenvalue weighted by molar-refractivity contribution is 7.81. The molecular formula is C65H96ClN11O20S2.